The van der Waals surface area contributed by atoms with Crippen LogP contribution in [-0.2, 0) is 21.7 Å². The number of hydrogen-bond donors (Lipinski definition) is 0. The van der Waals surface area contributed by atoms with E-state index >= 15 is 0 Å². The average molecular weight is 280 g/mol. The predicted octanol–water partition coefficient (Wildman–Crippen LogP) is -0.776. The Hall–Kier alpha value is 0.554. The maximum Gasteiger partial charge on any atom is 4.00 e. The van der Waals surface area contributed by atoms with Gasteiger partial charge in [-0.3, -0.25) is 0 Å². The van der Waals surface area contributed by atoms with Crippen LogP contribution in [0.2, 0.25) is 0 Å². The van der Waals surface area contributed by atoms with Crippen molar-refractivity contribution in [3.05, 3.63) is 0 Å². The van der Waals surface area contributed by atoms with E-state index in [1.165, 1.54) is 0 Å². The van der Waals surface area contributed by atoms with Gasteiger partial charge in [-0.1, -0.05) is 65.2 Å². The Bertz CT molecular complexity index is 107. The van der Waals surface area contributed by atoms with Gasteiger partial charge in [-0.2, -0.15) is 0 Å². The van der Waals surface area contributed by atoms with Crippen molar-refractivity contribution in [1.29, 1.82) is 0 Å². The quantitative estimate of drug-likeness (QED) is 0.331. The Labute approximate surface area is 120 Å². The zero-order valence-electron chi connectivity index (χ0n) is 10.9. The summed E-state index contributed by atoms with van der Waals surface area (Å²) in [4.78, 5) is 0. The maximum atomic E-state index is 9.85. The van der Waals surface area contributed by atoms with E-state index in [9.17, 15) is 20.4 Å². The zero-order chi connectivity index (χ0) is 12.8. The Morgan fingerprint density at radius 3 is 1.12 bits per heavy atom. The summed E-state index contributed by atoms with van der Waals surface area (Å²) >= 11 is 0. The molecule has 0 N–H and O–H groups in total. The fourth-order valence-corrected chi connectivity index (χ4v) is 1.12. The van der Waals surface area contributed by atoms with Gasteiger partial charge in [0, 0.05) is 0 Å². The van der Waals surface area contributed by atoms with E-state index in [0.29, 0.717) is 12.8 Å². The summed E-state index contributed by atoms with van der Waals surface area (Å²) in [6, 6.07) is 0. The van der Waals surface area contributed by atoms with Crippen molar-refractivity contribution in [3.8, 4) is 0 Å². The van der Waals surface area contributed by atoms with Gasteiger partial charge in [-0.25, -0.2) is 12.6 Å². The number of unbranched alkanes of at least 4 members (excludes halogenated alkanes) is 4. The van der Waals surface area contributed by atoms with Crippen LogP contribution in [0.5, 0.6) is 0 Å². The van der Waals surface area contributed by atoms with E-state index in [1.54, 1.807) is 0 Å². The summed E-state index contributed by atoms with van der Waals surface area (Å²) in [5.74, 6) is 0. The van der Waals surface area contributed by atoms with Crippen molar-refractivity contribution in [2.75, 3.05) is 0 Å². The molecule has 0 bridgehead atoms. The van der Waals surface area contributed by atoms with Gasteiger partial charge in [-0.15, -0.1) is 0 Å². The minimum absolute atomic E-state index is 0. The molecule has 0 aliphatic carbocycles. The fourth-order valence-electron chi connectivity index (χ4n) is 1.12. The van der Waals surface area contributed by atoms with Gasteiger partial charge in [0.1, 0.15) is 0 Å². The minimum atomic E-state index is -1.60. The molecule has 0 atom stereocenters. The summed E-state index contributed by atoms with van der Waals surface area (Å²) < 4.78 is 0. The molecule has 0 aromatic carbocycles. The first-order chi connectivity index (χ1) is 7.54. The third kappa shape index (κ3) is 31.5. The Morgan fingerprint density at radius 2 is 0.941 bits per heavy atom. The van der Waals surface area contributed by atoms with Gasteiger partial charge in [0.05, 0.1) is 0 Å². The Balaban J connectivity index is -0.000000218. The van der Waals surface area contributed by atoms with Crippen molar-refractivity contribution in [1.82, 2.24) is 0 Å². The SMILES string of the molecule is CCCCCC([O-])[O-].CCCCCC([O-])[O-].[Ti+4]. The van der Waals surface area contributed by atoms with Gasteiger partial charge in [0.15, 0.2) is 0 Å². The van der Waals surface area contributed by atoms with Crippen LogP contribution in [0, 0.1) is 0 Å². The molecule has 17 heavy (non-hydrogen) atoms. The van der Waals surface area contributed by atoms with Gasteiger partial charge in [0.25, 0.3) is 0 Å². The van der Waals surface area contributed by atoms with Crippen LogP contribution in [0.4, 0.5) is 0 Å². The monoisotopic (exact) mass is 280 g/mol. The van der Waals surface area contributed by atoms with Crippen LogP contribution >= 0.6 is 0 Å². The molecular weight excluding hydrogens is 256 g/mol. The minimum Gasteiger partial charge on any atom is -0.865 e. The van der Waals surface area contributed by atoms with Crippen LogP contribution in [0.3, 0.4) is 0 Å². The molecule has 4 nitrogen and oxygen atoms in total. The molecule has 0 unspecified atom stereocenters. The van der Waals surface area contributed by atoms with Crippen molar-refractivity contribution in [3.63, 3.8) is 0 Å². The summed E-state index contributed by atoms with van der Waals surface area (Å²) in [5.41, 5.74) is 0. The van der Waals surface area contributed by atoms with Crippen LogP contribution < -0.4 is 20.4 Å². The normalized spacial score (nSPS) is 9.88. The second kappa shape index (κ2) is 18.9. The first-order valence-corrected chi connectivity index (χ1v) is 6.17. The summed E-state index contributed by atoms with van der Waals surface area (Å²) in [6.07, 6.45) is 3.19. The molecule has 0 rings (SSSR count). The molecule has 0 fully saturated rings. The second-order valence-electron chi connectivity index (χ2n) is 3.85. The van der Waals surface area contributed by atoms with Gasteiger partial charge in [-0.05, 0) is 0 Å². The molecule has 0 aliphatic rings. The fraction of sp³-hybridized carbons (Fsp3) is 1.00. The standard InChI is InChI=1S/2C6H12O2.Ti/c2*1-2-3-4-5-6(7)8;/h2*6H,2-5H2,1H3;/q2*-2;+4. The van der Waals surface area contributed by atoms with Crippen molar-refractivity contribution in [2.24, 2.45) is 0 Å². The van der Waals surface area contributed by atoms with E-state index in [1.807, 2.05) is 13.8 Å². The molecule has 0 aromatic heterocycles. The smallest absolute Gasteiger partial charge is 0.865 e. The third-order valence-corrected chi connectivity index (χ3v) is 2.09. The molecule has 0 heterocycles. The molecular formula is C12H24O4Ti. The Kier molecular flexibility index (Phi) is 25.3. The molecule has 0 radical (unpaired) electrons. The van der Waals surface area contributed by atoms with Crippen LogP contribution in [0.1, 0.15) is 65.2 Å². The summed E-state index contributed by atoms with van der Waals surface area (Å²) in [7, 11) is 0. The topological polar surface area (TPSA) is 92.2 Å². The van der Waals surface area contributed by atoms with Crippen molar-refractivity contribution >= 4 is 0 Å². The first-order valence-electron chi connectivity index (χ1n) is 6.17. The van der Waals surface area contributed by atoms with E-state index < -0.39 is 12.6 Å². The largest absolute Gasteiger partial charge is 4.00 e. The average Bonchev–Trinajstić information content (AvgIpc) is 2.18. The third-order valence-electron chi connectivity index (χ3n) is 2.09. The number of hydrogen-bond acceptors (Lipinski definition) is 4. The molecule has 100 valence electrons. The van der Waals surface area contributed by atoms with Crippen LogP contribution in [0.15, 0.2) is 0 Å². The molecule has 0 saturated heterocycles. The van der Waals surface area contributed by atoms with Gasteiger partial charge < -0.3 is 20.4 Å². The molecule has 0 amide bonds. The second-order valence-corrected chi connectivity index (χ2v) is 3.85. The molecule has 0 saturated carbocycles. The van der Waals surface area contributed by atoms with Crippen molar-refractivity contribution < 1.29 is 42.1 Å². The molecule has 5 heteroatoms. The maximum absolute atomic E-state index is 9.85. The van der Waals surface area contributed by atoms with Crippen LogP contribution in [-0.4, -0.2) is 12.6 Å². The zero-order valence-corrected chi connectivity index (χ0v) is 12.5. The molecule has 0 spiro atoms. The van der Waals surface area contributed by atoms with Crippen molar-refractivity contribution in [2.45, 2.75) is 77.8 Å². The Morgan fingerprint density at radius 1 is 0.647 bits per heavy atom. The number of rotatable bonds is 8. The van der Waals surface area contributed by atoms with E-state index in [0.717, 1.165) is 38.5 Å². The summed E-state index contributed by atoms with van der Waals surface area (Å²) in [6.45, 7) is 4.09. The van der Waals surface area contributed by atoms with Gasteiger partial charge >= 0.3 is 21.7 Å². The van der Waals surface area contributed by atoms with E-state index in [4.69, 9.17) is 0 Å². The van der Waals surface area contributed by atoms with Gasteiger partial charge in [0.2, 0.25) is 0 Å². The molecule has 0 aliphatic heterocycles. The molecule has 0 aromatic rings. The van der Waals surface area contributed by atoms with E-state index in [-0.39, 0.29) is 21.7 Å². The van der Waals surface area contributed by atoms with E-state index in [2.05, 4.69) is 0 Å². The first kappa shape index (κ1) is 22.7. The summed E-state index contributed by atoms with van der Waals surface area (Å²) in [5, 5.41) is 39.4. The van der Waals surface area contributed by atoms with Crippen LogP contribution in [0.25, 0.3) is 0 Å². The predicted molar refractivity (Wildman–Crippen MR) is 55.9 cm³/mol.